The van der Waals surface area contributed by atoms with Gasteiger partial charge in [0.2, 0.25) is 0 Å². The second kappa shape index (κ2) is 4.94. The van der Waals surface area contributed by atoms with E-state index in [4.69, 9.17) is 5.11 Å². The minimum absolute atomic E-state index is 0.0261. The zero-order chi connectivity index (χ0) is 13.1. The Morgan fingerprint density at radius 3 is 2.18 bits per heavy atom. The van der Waals surface area contributed by atoms with E-state index in [2.05, 4.69) is 10.6 Å². The van der Waals surface area contributed by atoms with Gasteiger partial charge in [-0.3, -0.25) is 4.79 Å². The third-order valence-corrected chi connectivity index (χ3v) is 3.13. The lowest BCUT2D eigenvalue weighted by atomic mass is 9.69. The van der Waals surface area contributed by atoms with Crippen molar-refractivity contribution in [1.82, 2.24) is 10.6 Å². The van der Waals surface area contributed by atoms with Crippen LogP contribution in [0.2, 0.25) is 0 Å². The summed E-state index contributed by atoms with van der Waals surface area (Å²) in [7, 11) is 0. The summed E-state index contributed by atoms with van der Waals surface area (Å²) in [5, 5.41) is 14.5. The van der Waals surface area contributed by atoms with E-state index >= 15 is 0 Å². The van der Waals surface area contributed by atoms with Gasteiger partial charge in [0.05, 0.1) is 5.41 Å². The van der Waals surface area contributed by atoms with Crippen LogP contribution in [0.4, 0.5) is 4.79 Å². The van der Waals surface area contributed by atoms with Gasteiger partial charge in [0.25, 0.3) is 0 Å². The summed E-state index contributed by atoms with van der Waals surface area (Å²) in [6.07, 6.45) is 2.24. The minimum atomic E-state index is -0.806. The topological polar surface area (TPSA) is 78.4 Å². The highest BCUT2D eigenvalue weighted by Crippen LogP contribution is 2.40. The molecule has 3 N–H and O–H groups in total. The van der Waals surface area contributed by atoms with Crippen molar-refractivity contribution < 1.29 is 14.7 Å². The zero-order valence-corrected chi connectivity index (χ0v) is 10.8. The maximum absolute atomic E-state index is 11.5. The Bertz CT molecular complexity index is 303. The molecular weight excluding hydrogens is 220 g/mol. The van der Waals surface area contributed by atoms with Gasteiger partial charge in [-0.05, 0) is 18.3 Å². The van der Waals surface area contributed by atoms with E-state index in [1.807, 2.05) is 20.8 Å². The third-order valence-electron chi connectivity index (χ3n) is 3.13. The Morgan fingerprint density at radius 1 is 1.24 bits per heavy atom. The van der Waals surface area contributed by atoms with Gasteiger partial charge in [-0.25, -0.2) is 4.79 Å². The second-order valence-electron chi connectivity index (χ2n) is 6.04. The fraction of sp³-hybridized carbons (Fsp3) is 0.833. The largest absolute Gasteiger partial charge is 0.481 e. The van der Waals surface area contributed by atoms with Crippen molar-refractivity contribution in [3.05, 3.63) is 0 Å². The fourth-order valence-corrected chi connectivity index (χ4v) is 1.73. The number of hydrogen-bond acceptors (Lipinski definition) is 2. The lowest BCUT2D eigenvalue weighted by Crippen LogP contribution is -2.50. The van der Waals surface area contributed by atoms with Crippen LogP contribution >= 0.6 is 0 Å². The molecule has 0 aromatic heterocycles. The van der Waals surface area contributed by atoms with Crippen LogP contribution in [0.1, 0.15) is 40.0 Å². The van der Waals surface area contributed by atoms with Gasteiger partial charge < -0.3 is 15.7 Å². The van der Waals surface area contributed by atoms with Crippen molar-refractivity contribution in [2.24, 2.45) is 10.8 Å². The first-order valence-corrected chi connectivity index (χ1v) is 6.00. The highest BCUT2D eigenvalue weighted by Gasteiger charge is 2.44. The number of carboxylic acids is 1. The number of aliphatic carboxylic acids is 1. The van der Waals surface area contributed by atoms with Crippen LogP contribution in [0.15, 0.2) is 0 Å². The molecule has 0 aromatic carbocycles. The molecule has 0 bridgehead atoms. The summed E-state index contributed by atoms with van der Waals surface area (Å²) in [5.41, 5.74) is -0.697. The molecule has 5 nitrogen and oxygen atoms in total. The number of urea groups is 1. The van der Waals surface area contributed by atoms with Crippen molar-refractivity contribution in [2.45, 2.75) is 40.0 Å². The average molecular weight is 242 g/mol. The van der Waals surface area contributed by atoms with Crippen molar-refractivity contribution >= 4 is 12.0 Å². The second-order valence-corrected chi connectivity index (χ2v) is 6.04. The van der Waals surface area contributed by atoms with Gasteiger partial charge >= 0.3 is 12.0 Å². The van der Waals surface area contributed by atoms with Crippen LogP contribution in [-0.4, -0.2) is 30.2 Å². The average Bonchev–Trinajstić information content (AvgIpc) is 2.11. The molecule has 2 amide bonds. The van der Waals surface area contributed by atoms with Crippen LogP contribution in [0, 0.1) is 10.8 Å². The molecule has 1 saturated carbocycles. The minimum Gasteiger partial charge on any atom is -0.481 e. The number of carbonyl (C=O) groups excluding carboxylic acids is 1. The van der Waals surface area contributed by atoms with Gasteiger partial charge in [0, 0.05) is 13.1 Å². The maximum atomic E-state index is 11.5. The first-order chi connectivity index (χ1) is 7.75. The van der Waals surface area contributed by atoms with Crippen molar-refractivity contribution in [1.29, 1.82) is 0 Å². The van der Waals surface area contributed by atoms with E-state index in [9.17, 15) is 9.59 Å². The molecule has 1 rings (SSSR count). The molecule has 5 heteroatoms. The predicted molar refractivity (Wildman–Crippen MR) is 64.8 cm³/mol. The van der Waals surface area contributed by atoms with Crippen LogP contribution in [0.25, 0.3) is 0 Å². The van der Waals surface area contributed by atoms with E-state index in [0.29, 0.717) is 19.4 Å². The molecule has 0 unspecified atom stereocenters. The normalized spacial score (nSPS) is 18.1. The monoisotopic (exact) mass is 242 g/mol. The molecule has 0 spiro atoms. The van der Waals surface area contributed by atoms with E-state index in [1.165, 1.54) is 0 Å². The molecule has 0 heterocycles. The quantitative estimate of drug-likeness (QED) is 0.700. The van der Waals surface area contributed by atoms with Gasteiger partial charge in [0.15, 0.2) is 0 Å². The molecule has 1 fully saturated rings. The van der Waals surface area contributed by atoms with Crippen LogP contribution < -0.4 is 10.6 Å². The first kappa shape index (κ1) is 13.8. The molecule has 1 aliphatic rings. The molecule has 0 saturated heterocycles. The fourth-order valence-electron chi connectivity index (χ4n) is 1.73. The summed E-state index contributed by atoms with van der Waals surface area (Å²) >= 11 is 0. The van der Waals surface area contributed by atoms with Crippen LogP contribution in [-0.2, 0) is 4.79 Å². The lowest BCUT2D eigenvalue weighted by Gasteiger charge is -2.37. The molecular formula is C12H22N2O3. The summed E-state index contributed by atoms with van der Waals surface area (Å²) in [6, 6.07) is -0.285. The molecule has 98 valence electrons. The molecule has 0 radical (unpaired) electrons. The molecule has 0 atom stereocenters. The highest BCUT2D eigenvalue weighted by molar-refractivity contribution is 5.78. The van der Waals surface area contributed by atoms with Crippen molar-refractivity contribution in [2.75, 3.05) is 13.1 Å². The summed E-state index contributed by atoms with van der Waals surface area (Å²) in [4.78, 5) is 22.5. The number of hydrogen-bond donors (Lipinski definition) is 3. The standard InChI is InChI=1S/C12H22N2O3/c1-11(2,3)7-13-10(17)14-8-12(9(15)16)5-4-6-12/h4-8H2,1-3H3,(H,15,16)(H2,13,14,17). The van der Waals surface area contributed by atoms with E-state index in [0.717, 1.165) is 6.42 Å². The Hall–Kier alpha value is -1.26. The van der Waals surface area contributed by atoms with Crippen molar-refractivity contribution in [3.63, 3.8) is 0 Å². The highest BCUT2D eigenvalue weighted by atomic mass is 16.4. The maximum Gasteiger partial charge on any atom is 0.314 e. The van der Waals surface area contributed by atoms with Gasteiger partial charge in [-0.15, -0.1) is 0 Å². The first-order valence-electron chi connectivity index (χ1n) is 6.00. The Labute approximate surface area is 102 Å². The number of nitrogens with one attached hydrogen (secondary N) is 2. The summed E-state index contributed by atoms with van der Waals surface area (Å²) in [6.45, 7) is 6.87. The van der Waals surface area contributed by atoms with Gasteiger partial charge in [-0.1, -0.05) is 27.2 Å². The number of carbonyl (C=O) groups is 2. The van der Waals surface area contributed by atoms with E-state index in [1.54, 1.807) is 0 Å². The number of carboxylic acid groups (broad SMARTS) is 1. The number of amides is 2. The van der Waals surface area contributed by atoms with E-state index < -0.39 is 11.4 Å². The lowest BCUT2D eigenvalue weighted by molar-refractivity contribution is -0.153. The Kier molecular flexibility index (Phi) is 4.01. The van der Waals surface area contributed by atoms with Crippen molar-refractivity contribution in [3.8, 4) is 0 Å². The SMILES string of the molecule is CC(C)(C)CNC(=O)NCC1(C(=O)O)CCC1. The van der Waals surface area contributed by atoms with E-state index in [-0.39, 0.29) is 18.0 Å². The summed E-state index contributed by atoms with van der Waals surface area (Å²) < 4.78 is 0. The summed E-state index contributed by atoms with van der Waals surface area (Å²) in [5.74, 6) is -0.806. The zero-order valence-electron chi connectivity index (χ0n) is 10.8. The van der Waals surface area contributed by atoms with Crippen LogP contribution in [0.5, 0.6) is 0 Å². The van der Waals surface area contributed by atoms with Gasteiger partial charge in [0.1, 0.15) is 0 Å². The Morgan fingerprint density at radius 2 is 1.82 bits per heavy atom. The Balaban J connectivity index is 2.30. The predicted octanol–water partition coefficient (Wildman–Crippen LogP) is 1.59. The molecule has 1 aliphatic carbocycles. The molecule has 0 aliphatic heterocycles. The van der Waals surface area contributed by atoms with Crippen LogP contribution in [0.3, 0.4) is 0 Å². The number of rotatable bonds is 4. The van der Waals surface area contributed by atoms with Gasteiger partial charge in [-0.2, -0.15) is 0 Å². The smallest absolute Gasteiger partial charge is 0.314 e. The third kappa shape index (κ3) is 3.91. The molecule has 17 heavy (non-hydrogen) atoms. The molecule has 0 aromatic rings.